The molecule has 162 valence electrons. The molecule has 0 aliphatic carbocycles. The summed E-state index contributed by atoms with van der Waals surface area (Å²) in [4.78, 5) is 16.9. The summed E-state index contributed by atoms with van der Waals surface area (Å²) in [5, 5.41) is 1.71. The van der Waals surface area contributed by atoms with Crippen LogP contribution in [0.3, 0.4) is 0 Å². The summed E-state index contributed by atoms with van der Waals surface area (Å²) < 4.78 is 32.9. The Hall–Kier alpha value is -3.04. The highest BCUT2D eigenvalue weighted by Gasteiger charge is 2.24. The lowest BCUT2D eigenvalue weighted by Gasteiger charge is -2.36. The number of carbonyl (C=O) groups excluding carboxylic acids is 1. The van der Waals surface area contributed by atoms with E-state index in [1.54, 1.807) is 48.9 Å². The zero-order chi connectivity index (χ0) is 21.8. The Labute approximate surface area is 185 Å². The summed E-state index contributed by atoms with van der Waals surface area (Å²) >= 11 is 1.15. The molecule has 2 aromatic carbocycles. The molecule has 2 heterocycles. The average molecular weight is 458 g/mol. The monoisotopic (exact) mass is 457 g/mol. The number of benzene rings is 2. The van der Waals surface area contributed by atoms with Gasteiger partial charge in [0.15, 0.2) is 0 Å². The lowest BCUT2D eigenvalue weighted by molar-refractivity contribution is 0.0746. The van der Waals surface area contributed by atoms with Crippen molar-refractivity contribution in [3.8, 4) is 5.75 Å². The predicted molar refractivity (Wildman–Crippen MR) is 123 cm³/mol. The Morgan fingerprint density at radius 2 is 1.68 bits per heavy atom. The fourth-order valence-electron chi connectivity index (χ4n) is 3.53. The summed E-state index contributed by atoms with van der Waals surface area (Å²) in [6.45, 7) is 2.63. The number of para-hydroxylation sites is 2. The van der Waals surface area contributed by atoms with Gasteiger partial charge in [0.2, 0.25) is 0 Å². The first kappa shape index (κ1) is 21.2. The van der Waals surface area contributed by atoms with E-state index in [9.17, 15) is 13.2 Å². The summed E-state index contributed by atoms with van der Waals surface area (Å²) in [6.07, 6.45) is 0. The Morgan fingerprint density at radius 3 is 2.32 bits per heavy atom. The molecule has 0 radical (unpaired) electrons. The highest BCUT2D eigenvalue weighted by molar-refractivity contribution is 7.94. The van der Waals surface area contributed by atoms with Crippen LogP contribution in [0.2, 0.25) is 0 Å². The van der Waals surface area contributed by atoms with Gasteiger partial charge >= 0.3 is 0 Å². The molecule has 31 heavy (non-hydrogen) atoms. The lowest BCUT2D eigenvalue weighted by atomic mass is 10.1. The van der Waals surface area contributed by atoms with Crippen molar-refractivity contribution in [3.05, 3.63) is 71.6 Å². The second-order valence-electron chi connectivity index (χ2n) is 7.07. The van der Waals surface area contributed by atoms with Gasteiger partial charge in [-0.3, -0.25) is 9.52 Å². The molecule has 0 atom stereocenters. The van der Waals surface area contributed by atoms with Crippen LogP contribution in [0, 0.1) is 0 Å². The predicted octanol–water partition coefficient (Wildman–Crippen LogP) is 3.52. The number of thiophene rings is 1. The van der Waals surface area contributed by atoms with Crippen LogP contribution in [0.4, 0.5) is 11.4 Å². The molecule has 0 spiro atoms. The van der Waals surface area contributed by atoms with Gasteiger partial charge in [0.1, 0.15) is 9.96 Å². The number of carbonyl (C=O) groups is 1. The number of piperazine rings is 1. The molecule has 1 aliphatic rings. The van der Waals surface area contributed by atoms with Crippen LogP contribution in [-0.2, 0) is 10.0 Å². The largest absolute Gasteiger partial charge is 0.495 e. The van der Waals surface area contributed by atoms with Crippen molar-refractivity contribution in [2.45, 2.75) is 4.21 Å². The third kappa shape index (κ3) is 4.67. The highest BCUT2D eigenvalue weighted by Crippen LogP contribution is 2.28. The van der Waals surface area contributed by atoms with Crippen LogP contribution < -0.4 is 14.4 Å². The summed E-state index contributed by atoms with van der Waals surface area (Å²) in [6, 6.07) is 17.6. The molecule has 3 aromatic rings. The highest BCUT2D eigenvalue weighted by atomic mass is 32.2. The molecule has 0 unspecified atom stereocenters. The third-order valence-corrected chi connectivity index (χ3v) is 7.92. The third-order valence-electron chi connectivity index (χ3n) is 5.14. The van der Waals surface area contributed by atoms with Gasteiger partial charge in [-0.1, -0.05) is 18.2 Å². The van der Waals surface area contributed by atoms with Crippen LogP contribution in [0.25, 0.3) is 0 Å². The van der Waals surface area contributed by atoms with Crippen LogP contribution in [0.1, 0.15) is 10.4 Å². The van der Waals surface area contributed by atoms with E-state index in [-0.39, 0.29) is 10.1 Å². The minimum Gasteiger partial charge on any atom is -0.495 e. The van der Waals surface area contributed by atoms with Crippen molar-refractivity contribution < 1.29 is 17.9 Å². The number of methoxy groups -OCH3 is 1. The molecule has 1 N–H and O–H groups in total. The number of anilines is 2. The molecular formula is C22H23N3O4S2. The maximum Gasteiger partial charge on any atom is 0.271 e. The molecule has 1 amide bonds. The maximum absolute atomic E-state index is 12.9. The summed E-state index contributed by atoms with van der Waals surface area (Å²) in [5.74, 6) is 0.759. The first-order valence-electron chi connectivity index (χ1n) is 9.81. The molecule has 0 bridgehead atoms. The number of ether oxygens (including phenoxy) is 1. The Balaban J connectivity index is 1.38. The van der Waals surface area contributed by atoms with Crippen molar-refractivity contribution >= 4 is 38.6 Å². The Kier molecular flexibility index (Phi) is 6.15. The van der Waals surface area contributed by atoms with Crippen molar-refractivity contribution in [3.63, 3.8) is 0 Å². The summed E-state index contributed by atoms with van der Waals surface area (Å²) in [5.41, 5.74) is 1.98. The standard InChI is InChI=1S/C22H23N3O4S2/c1-29-20-6-3-2-5-19(20)24-12-14-25(15-13-24)22(26)17-8-10-18(11-9-17)23-31(27,28)21-7-4-16-30-21/h2-11,16,23H,12-15H2,1H3. The van der Waals surface area contributed by atoms with E-state index in [0.717, 1.165) is 22.8 Å². The van der Waals surface area contributed by atoms with E-state index < -0.39 is 10.0 Å². The van der Waals surface area contributed by atoms with E-state index in [2.05, 4.69) is 9.62 Å². The van der Waals surface area contributed by atoms with Gasteiger partial charge < -0.3 is 14.5 Å². The fraction of sp³-hybridized carbons (Fsp3) is 0.227. The van der Waals surface area contributed by atoms with E-state index >= 15 is 0 Å². The smallest absolute Gasteiger partial charge is 0.271 e. The lowest BCUT2D eigenvalue weighted by Crippen LogP contribution is -2.48. The molecule has 7 nitrogen and oxygen atoms in total. The topological polar surface area (TPSA) is 79.0 Å². The molecule has 1 aromatic heterocycles. The van der Waals surface area contributed by atoms with E-state index in [4.69, 9.17) is 4.74 Å². The van der Waals surface area contributed by atoms with Gasteiger partial charge in [-0.2, -0.15) is 0 Å². The van der Waals surface area contributed by atoms with Gasteiger partial charge in [0.25, 0.3) is 15.9 Å². The normalized spacial score (nSPS) is 14.4. The van der Waals surface area contributed by atoms with Crippen molar-refractivity contribution in [1.29, 1.82) is 0 Å². The van der Waals surface area contributed by atoms with Crippen LogP contribution >= 0.6 is 11.3 Å². The zero-order valence-corrected chi connectivity index (χ0v) is 18.7. The zero-order valence-electron chi connectivity index (χ0n) is 17.0. The molecule has 1 saturated heterocycles. The SMILES string of the molecule is COc1ccccc1N1CCN(C(=O)c2ccc(NS(=O)(=O)c3cccs3)cc2)CC1. The van der Waals surface area contributed by atoms with Crippen molar-refractivity contribution in [2.75, 3.05) is 42.9 Å². The molecule has 0 saturated carbocycles. The first-order valence-corrected chi connectivity index (χ1v) is 12.2. The maximum atomic E-state index is 12.9. The number of nitrogens with zero attached hydrogens (tertiary/aromatic N) is 2. The Morgan fingerprint density at radius 1 is 0.968 bits per heavy atom. The Bertz CT molecular complexity index is 1140. The summed E-state index contributed by atoms with van der Waals surface area (Å²) in [7, 11) is -1.95. The molecule has 1 fully saturated rings. The fourth-order valence-corrected chi connectivity index (χ4v) is 5.58. The number of nitrogens with one attached hydrogen (secondary N) is 1. The van der Waals surface area contributed by atoms with Crippen molar-refractivity contribution in [1.82, 2.24) is 4.90 Å². The number of sulfonamides is 1. The minimum atomic E-state index is -3.60. The van der Waals surface area contributed by atoms with Gasteiger partial charge in [-0.25, -0.2) is 8.42 Å². The van der Waals surface area contributed by atoms with Gasteiger partial charge in [0.05, 0.1) is 12.8 Å². The molecule has 4 rings (SSSR count). The van der Waals surface area contributed by atoms with Gasteiger partial charge in [-0.15, -0.1) is 11.3 Å². The van der Waals surface area contributed by atoms with Gasteiger partial charge in [-0.05, 0) is 47.8 Å². The quantitative estimate of drug-likeness (QED) is 0.613. The molecular weight excluding hydrogens is 434 g/mol. The first-order chi connectivity index (χ1) is 15.0. The van der Waals surface area contributed by atoms with E-state index in [1.165, 1.54) is 0 Å². The number of amides is 1. The number of hydrogen-bond acceptors (Lipinski definition) is 6. The second kappa shape index (κ2) is 8.99. The molecule has 9 heteroatoms. The van der Waals surface area contributed by atoms with Crippen LogP contribution in [0.5, 0.6) is 5.75 Å². The molecule has 1 aliphatic heterocycles. The van der Waals surface area contributed by atoms with Crippen molar-refractivity contribution in [2.24, 2.45) is 0 Å². The van der Waals surface area contributed by atoms with E-state index in [1.807, 2.05) is 29.2 Å². The minimum absolute atomic E-state index is 0.0626. The second-order valence-corrected chi connectivity index (χ2v) is 9.92. The number of rotatable bonds is 6. The van der Waals surface area contributed by atoms with Gasteiger partial charge in [0, 0.05) is 37.4 Å². The van der Waals surface area contributed by atoms with Crippen LogP contribution in [-0.4, -0.2) is 52.5 Å². The van der Waals surface area contributed by atoms with Crippen LogP contribution in [0.15, 0.2) is 70.3 Å². The number of hydrogen-bond donors (Lipinski definition) is 1. The van der Waals surface area contributed by atoms with E-state index in [0.29, 0.717) is 37.4 Å². The average Bonchev–Trinajstić information content (AvgIpc) is 3.35.